The summed E-state index contributed by atoms with van der Waals surface area (Å²) in [4.78, 5) is 0. The summed E-state index contributed by atoms with van der Waals surface area (Å²) in [5.74, 6) is 0. The van der Waals surface area contributed by atoms with Gasteiger partial charge < -0.3 is 19.3 Å². The van der Waals surface area contributed by atoms with Crippen molar-refractivity contribution in [2.75, 3.05) is 39.6 Å². The van der Waals surface area contributed by atoms with Gasteiger partial charge in [-0.25, -0.2) is 0 Å². The van der Waals surface area contributed by atoms with Crippen LogP contribution in [0.2, 0.25) is 0 Å². The monoisotopic (exact) mass is 216 g/mol. The molecular weight excluding hydrogens is 196 g/mol. The van der Waals surface area contributed by atoms with Crippen LogP contribution in [0.25, 0.3) is 0 Å². The molecule has 0 aliphatic carbocycles. The molecule has 0 bridgehead atoms. The fourth-order valence-electron chi connectivity index (χ4n) is 0.862. The molecule has 0 heterocycles. The second-order valence-electron chi connectivity index (χ2n) is 2.76. The van der Waals surface area contributed by atoms with E-state index in [-0.39, 0.29) is 12.7 Å². The molecular formula is C11H20O4. The van der Waals surface area contributed by atoms with E-state index in [0.717, 1.165) is 0 Å². The van der Waals surface area contributed by atoms with Crippen LogP contribution in [0.15, 0.2) is 25.3 Å². The van der Waals surface area contributed by atoms with Crippen molar-refractivity contribution in [3.8, 4) is 0 Å². The molecule has 0 radical (unpaired) electrons. The van der Waals surface area contributed by atoms with Crippen molar-refractivity contribution >= 4 is 0 Å². The number of hydrogen-bond donors (Lipinski definition) is 1. The molecule has 0 aromatic carbocycles. The summed E-state index contributed by atoms with van der Waals surface area (Å²) in [7, 11) is 0. The zero-order valence-electron chi connectivity index (χ0n) is 9.06. The summed E-state index contributed by atoms with van der Waals surface area (Å²) in [5, 5.41) is 8.42. The van der Waals surface area contributed by atoms with Crippen LogP contribution < -0.4 is 0 Å². The highest BCUT2D eigenvalue weighted by molar-refractivity contribution is 4.93. The second-order valence-corrected chi connectivity index (χ2v) is 2.76. The van der Waals surface area contributed by atoms with E-state index >= 15 is 0 Å². The summed E-state index contributed by atoms with van der Waals surface area (Å²) in [6.07, 6.45) is 3.24. The minimum Gasteiger partial charge on any atom is -0.394 e. The molecule has 0 saturated carbocycles. The summed E-state index contributed by atoms with van der Waals surface area (Å²) >= 11 is 0. The van der Waals surface area contributed by atoms with E-state index in [2.05, 4.69) is 13.2 Å². The average Bonchev–Trinajstić information content (AvgIpc) is 2.27. The maximum Gasteiger partial charge on any atom is 0.0933 e. The van der Waals surface area contributed by atoms with Gasteiger partial charge in [-0.1, -0.05) is 12.2 Å². The topological polar surface area (TPSA) is 47.9 Å². The zero-order valence-corrected chi connectivity index (χ0v) is 9.06. The zero-order chi connectivity index (χ0) is 11.4. The number of hydrogen-bond acceptors (Lipinski definition) is 4. The summed E-state index contributed by atoms with van der Waals surface area (Å²) < 4.78 is 15.6. The van der Waals surface area contributed by atoms with Crippen LogP contribution in [0, 0.1) is 0 Å². The lowest BCUT2D eigenvalue weighted by Gasteiger charge is -2.09. The summed E-state index contributed by atoms with van der Waals surface area (Å²) in [6.45, 7) is 9.62. The lowest BCUT2D eigenvalue weighted by atomic mass is 10.3. The molecule has 4 heteroatoms. The molecule has 15 heavy (non-hydrogen) atoms. The van der Waals surface area contributed by atoms with Crippen molar-refractivity contribution in [2.24, 2.45) is 0 Å². The van der Waals surface area contributed by atoms with Gasteiger partial charge in [0.1, 0.15) is 0 Å². The fourth-order valence-corrected chi connectivity index (χ4v) is 0.862. The van der Waals surface area contributed by atoms with Crippen LogP contribution in [-0.2, 0) is 14.2 Å². The van der Waals surface area contributed by atoms with Crippen molar-refractivity contribution in [1.82, 2.24) is 0 Å². The Labute approximate surface area is 91.1 Å². The predicted molar refractivity (Wildman–Crippen MR) is 58.9 cm³/mol. The number of aliphatic hydroxyl groups is 1. The lowest BCUT2D eigenvalue weighted by molar-refractivity contribution is 0.00362. The molecule has 0 amide bonds. The third-order valence-electron chi connectivity index (χ3n) is 1.61. The van der Waals surface area contributed by atoms with Crippen molar-refractivity contribution in [1.29, 1.82) is 0 Å². The number of rotatable bonds is 11. The van der Waals surface area contributed by atoms with E-state index in [4.69, 9.17) is 19.3 Å². The average molecular weight is 216 g/mol. The molecule has 0 aromatic rings. The maximum absolute atomic E-state index is 8.42. The first-order chi connectivity index (χ1) is 7.35. The van der Waals surface area contributed by atoms with Crippen molar-refractivity contribution in [2.45, 2.75) is 6.10 Å². The standard InChI is InChI=1S/C11H20O4/c1-3-11(4-2)15-10-9-14-8-7-13-6-5-12/h3-4,11-12H,1-2,5-10H2. The Morgan fingerprint density at radius 2 is 1.47 bits per heavy atom. The minimum absolute atomic E-state index is 0.0451. The Balaban J connectivity index is 3.10. The predicted octanol–water partition coefficient (Wildman–Crippen LogP) is 0.769. The van der Waals surface area contributed by atoms with Gasteiger partial charge >= 0.3 is 0 Å². The Bertz CT molecular complexity index is 151. The van der Waals surface area contributed by atoms with Gasteiger partial charge in [0.15, 0.2) is 0 Å². The van der Waals surface area contributed by atoms with E-state index in [1.165, 1.54) is 0 Å². The van der Waals surface area contributed by atoms with Crippen LogP contribution in [0.1, 0.15) is 0 Å². The molecule has 0 rings (SSSR count). The van der Waals surface area contributed by atoms with Gasteiger partial charge in [-0.15, -0.1) is 13.2 Å². The number of aliphatic hydroxyl groups excluding tert-OH is 1. The van der Waals surface area contributed by atoms with Crippen LogP contribution in [0.4, 0.5) is 0 Å². The van der Waals surface area contributed by atoms with Crippen molar-refractivity contribution in [3.05, 3.63) is 25.3 Å². The normalized spacial score (nSPS) is 10.5. The molecule has 4 nitrogen and oxygen atoms in total. The van der Waals surface area contributed by atoms with Crippen molar-refractivity contribution in [3.63, 3.8) is 0 Å². The first-order valence-electron chi connectivity index (χ1n) is 4.98. The molecule has 0 saturated heterocycles. The third kappa shape index (κ3) is 9.62. The molecule has 0 spiro atoms. The smallest absolute Gasteiger partial charge is 0.0933 e. The fraction of sp³-hybridized carbons (Fsp3) is 0.636. The van der Waals surface area contributed by atoms with Crippen LogP contribution >= 0.6 is 0 Å². The lowest BCUT2D eigenvalue weighted by Crippen LogP contribution is -2.14. The molecule has 88 valence electrons. The molecule has 0 aliphatic rings. The van der Waals surface area contributed by atoms with E-state index in [1.807, 2.05) is 0 Å². The Morgan fingerprint density at radius 1 is 0.933 bits per heavy atom. The Hall–Kier alpha value is -0.680. The molecule has 1 N–H and O–H groups in total. The summed E-state index contributed by atoms with van der Waals surface area (Å²) in [5.41, 5.74) is 0. The minimum atomic E-state index is -0.112. The van der Waals surface area contributed by atoms with Gasteiger partial charge in [0.25, 0.3) is 0 Å². The highest BCUT2D eigenvalue weighted by Gasteiger charge is 1.97. The van der Waals surface area contributed by atoms with E-state index in [1.54, 1.807) is 12.2 Å². The quantitative estimate of drug-likeness (QED) is 0.409. The Kier molecular flexibility index (Phi) is 10.9. The van der Waals surface area contributed by atoms with Crippen LogP contribution in [0.5, 0.6) is 0 Å². The maximum atomic E-state index is 8.42. The highest BCUT2D eigenvalue weighted by atomic mass is 16.5. The van der Waals surface area contributed by atoms with Gasteiger partial charge in [0.2, 0.25) is 0 Å². The van der Waals surface area contributed by atoms with E-state index < -0.39 is 0 Å². The summed E-state index contributed by atoms with van der Waals surface area (Å²) in [6, 6.07) is 0. The second kappa shape index (κ2) is 11.4. The third-order valence-corrected chi connectivity index (χ3v) is 1.61. The van der Waals surface area contributed by atoms with Gasteiger partial charge in [-0.3, -0.25) is 0 Å². The number of ether oxygens (including phenoxy) is 3. The molecule has 0 unspecified atom stereocenters. The van der Waals surface area contributed by atoms with Gasteiger partial charge in [0, 0.05) is 0 Å². The molecule has 0 fully saturated rings. The SMILES string of the molecule is C=CC(C=C)OCCOCCOCCO. The Morgan fingerprint density at radius 3 is 2.00 bits per heavy atom. The molecule has 0 atom stereocenters. The first kappa shape index (κ1) is 14.3. The van der Waals surface area contributed by atoms with Crippen LogP contribution in [-0.4, -0.2) is 50.9 Å². The van der Waals surface area contributed by atoms with Gasteiger partial charge in [-0.05, 0) is 0 Å². The van der Waals surface area contributed by atoms with E-state index in [9.17, 15) is 0 Å². The largest absolute Gasteiger partial charge is 0.394 e. The van der Waals surface area contributed by atoms with E-state index in [0.29, 0.717) is 33.0 Å². The van der Waals surface area contributed by atoms with Crippen LogP contribution in [0.3, 0.4) is 0 Å². The molecule has 0 aliphatic heterocycles. The highest BCUT2D eigenvalue weighted by Crippen LogP contribution is 1.93. The molecule has 0 aromatic heterocycles. The van der Waals surface area contributed by atoms with Gasteiger partial charge in [0.05, 0.1) is 45.7 Å². The van der Waals surface area contributed by atoms with Gasteiger partial charge in [-0.2, -0.15) is 0 Å². The first-order valence-corrected chi connectivity index (χ1v) is 4.98. The van der Waals surface area contributed by atoms with Crippen molar-refractivity contribution < 1.29 is 19.3 Å².